The van der Waals surface area contributed by atoms with Gasteiger partial charge in [-0.1, -0.05) is 6.92 Å². The number of benzene rings is 2. The number of rotatable bonds is 9. The van der Waals surface area contributed by atoms with Crippen molar-refractivity contribution in [3.8, 4) is 5.75 Å². The second-order valence-electron chi connectivity index (χ2n) is 6.50. The maximum absolute atomic E-state index is 12.8. The maximum atomic E-state index is 12.8. The number of hydrogen-bond acceptors (Lipinski definition) is 8. The van der Waals surface area contributed by atoms with E-state index in [1.165, 1.54) is 57.7 Å². The highest BCUT2D eigenvalue weighted by atomic mass is 32.2. The molecule has 0 atom stereocenters. The number of carbonyl (C=O) groups excluding carboxylic acids is 3. The molecule has 2 N–H and O–H groups in total. The highest BCUT2D eigenvalue weighted by Gasteiger charge is 2.22. The normalized spacial score (nSPS) is 10.9. The van der Waals surface area contributed by atoms with E-state index in [0.29, 0.717) is 6.42 Å². The Morgan fingerprint density at radius 2 is 1.47 bits per heavy atom. The zero-order chi connectivity index (χ0) is 23.9. The van der Waals surface area contributed by atoms with Gasteiger partial charge < -0.3 is 19.5 Å². The lowest BCUT2D eigenvalue weighted by Crippen LogP contribution is -2.25. The molecule has 32 heavy (non-hydrogen) atoms. The molecule has 0 aliphatic rings. The largest absolute Gasteiger partial charge is 0.495 e. The van der Waals surface area contributed by atoms with Crippen molar-refractivity contribution in [2.24, 2.45) is 0 Å². The summed E-state index contributed by atoms with van der Waals surface area (Å²) < 4.78 is 42.1. The van der Waals surface area contributed by atoms with Gasteiger partial charge in [-0.05, 0) is 42.8 Å². The predicted molar refractivity (Wildman–Crippen MR) is 116 cm³/mol. The number of hydrogen-bond donors (Lipinski definition) is 2. The Morgan fingerprint density at radius 1 is 0.875 bits per heavy atom. The van der Waals surface area contributed by atoms with Crippen LogP contribution in [0, 0.1) is 0 Å². The Bertz CT molecular complexity index is 1090. The zero-order valence-electron chi connectivity index (χ0n) is 18.1. The second kappa shape index (κ2) is 10.7. The Morgan fingerprint density at radius 3 is 1.97 bits per heavy atom. The first-order valence-corrected chi connectivity index (χ1v) is 11.0. The van der Waals surface area contributed by atoms with Crippen LogP contribution in [0.4, 0.5) is 5.69 Å². The minimum atomic E-state index is -3.91. The van der Waals surface area contributed by atoms with Gasteiger partial charge in [0.1, 0.15) is 10.6 Å². The summed E-state index contributed by atoms with van der Waals surface area (Å²) in [5, 5.41) is 2.55. The van der Waals surface area contributed by atoms with Gasteiger partial charge >= 0.3 is 11.9 Å². The third-order valence-electron chi connectivity index (χ3n) is 4.29. The van der Waals surface area contributed by atoms with E-state index in [0.717, 1.165) is 0 Å². The molecule has 172 valence electrons. The summed E-state index contributed by atoms with van der Waals surface area (Å²) in [5.74, 6) is -2.03. The summed E-state index contributed by atoms with van der Waals surface area (Å²) >= 11 is 0. The van der Waals surface area contributed by atoms with Crippen molar-refractivity contribution in [2.45, 2.75) is 18.2 Å². The molecule has 2 aromatic carbocycles. The van der Waals surface area contributed by atoms with Crippen LogP contribution < -0.4 is 14.8 Å². The van der Waals surface area contributed by atoms with Crippen LogP contribution in [0.25, 0.3) is 0 Å². The predicted octanol–water partition coefficient (Wildman–Crippen LogP) is 2.21. The number of methoxy groups -OCH3 is 3. The Balaban J connectivity index is 2.43. The summed E-state index contributed by atoms with van der Waals surface area (Å²) in [5.41, 5.74) is 0.174. The van der Waals surface area contributed by atoms with E-state index in [9.17, 15) is 22.8 Å². The van der Waals surface area contributed by atoms with Gasteiger partial charge in [0.25, 0.3) is 5.91 Å². The van der Waals surface area contributed by atoms with Crippen molar-refractivity contribution in [1.29, 1.82) is 0 Å². The first-order chi connectivity index (χ1) is 15.2. The molecule has 0 radical (unpaired) electrons. The fourth-order valence-electron chi connectivity index (χ4n) is 2.72. The number of amides is 1. The van der Waals surface area contributed by atoms with E-state index in [1.807, 2.05) is 6.92 Å². The van der Waals surface area contributed by atoms with Crippen molar-refractivity contribution in [1.82, 2.24) is 4.72 Å². The lowest BCUT2D eigenvalue weighted by molar-refractivity contribution is 0.0598. The molecule has 0 unspecified atom stereocenters. The van der Waals surface area contributed by atoms with Crippen molar-refractivity contribution < 1.29 is 37.0 Å². The van der Waals surface area contributed by atoms with Gasteiger partial charge in [0.15, 0.2) is 0 Å². The van der Waals surface area contributed by atoms with Crippen LogP contribution in [0.2, 0.25) is 0 Å². The first-order valence-electron chi connectivity index (χ1n) is 9.47. The smallest absolute Gasteiger partial charge is 0.337 e. The molecule has 1 amide bonds. The average molecular weight is 464 g/mol. The summed E-state index contributed by atoms with van der Waals surface area (Å²) in [6, 6.07) is 7.83. The number of anilines is 1. The summed E-state index contributed by atoms with van der Waals surface area (Å²) in [6.45, 7) is 2.03. The molecule has 0 aromatic heterocycles. The average Bonchev–Trinajstić information content (AvgIpc) is 2.80. The monoisotopic (exact) mass is 464 g/mol. The van der Waals surface area contributed by atoms with Gasteiger partial charge in [0.05, 0.1) is 32.5 Å². The molecule has 0 heterocycles. The lowest BCUT2D eigenvalue weighted by atomic mass is 10.1. The van der Waals surface area contributed by atoms with Gasteiger partial charge in [0.2, 0.25) is 10.0 Å². The van der Waals surface area contributed by atoms with Crippen LogP contribution in [0.5, 0.6) is 5.75 Å². The van der Waals surface area contributed by atoms with Crippen LogP contribution >= 0.6 is 0 Å². The van der Waals surface area contributed by atoms with E-state index in [1.54, 1.807) is 0 Å². The van der Waals surface area contributed by atoms with Crippen LogP contribution in [-0.2, 0) is 19.5 Å². The lowest BCUT2D eigenvalue weighted by Gasteiger charge is -2.13. The Kier molecular flexibility index (Phi) is 8.33. The van der Waals surface area contributed by atoms with E-state index in [4.69, 9.17) is 4.74 Å². The Hall–Kier alpha value is -3.44. The van der Waals surface area contributed by atoms with Gasteiger partial charge in [-0.25, -0.2) is 22.7 Å². The van der Waals surface area contributed by atoms with E-state index >= 15 is 0 Å². The van der Waals surface area contributed by atoms with E-state index < -0.39 is 27.9 Å². The molecule has 11 heteroatoms. The number of esters is 2. The fourth-order valence-corrected chi connectivity index (χ4v) is 4.04. The van der Waals surface area contributed by atoms with Gasteiger partial charge in [0, 0.05) is 17.8 Å². The molecular weight excluding hydrogens is 440 g/mol. The molecule has 10 nitrogen and oxygen atoms in total. The molecule has 0 aliphatic heterocycles. The van der Waals surface area contributed by atoms with Crippen LogP contribution in [0.1, 0.15) is 44.4 Å². The van der Waals surface area contributed by atoms with Gasteiger partial charge in [-0.15, -0.1) is 0 Å². The fraction of sp³-hybridized carbons (Fsp3) is 0.286. The zero-order valence-corrected chi connectivity index (χ0v) is 18.9. The minimum Gasteiger partial charge on any atom is -0.495 e. The highest BCUT2D eigenvalue weighted by molar-refractivity contribution is 7.89. The third-order valence-corrected chi connectivity index (χ3v) is 5.77. The van der Waals surface area contributed by atoms with Crippen molar-refractivity contribution in [2.75, 3.05) is 33.2 Å². The molecule has 0 spiro atoms. The number of ether oxygens (including phenoxy) is 3. The number of carbonyl (C=O) groups is 3. The van der Waals surface area contributed by atoms with Crippen molar-refractivity contribution in [3.63, 3.8) is 0 Å². The highest BCUT2D eigenvalue weighted by Crippen LogP contribution is 2.26. The summed E-state index contributed by atoms with van der Waals surface area (Å²) in [4.78, 5) is 36.5. The van der Waals surface area contributed by atoms with E-state index in [-0.39, 0.29) is 39.6 Å². The molecule has 0 saturated heterocycles. The first kappa shape index (κ1) is 24.8. The molecule has 0 saturated carbocycles. The molecular formula is C21H24N2O8S. The molecule has 0 bridgehead atoms. The topological polar surface area (TPSA) is 137 Å². The van der Waals surface area contributed by atoms with Gasteiger partial charge in [-0.3, -0.25) is 4.79 Å². The molecule has 0 aliphatic carbocycles. The molecule has 0 fully saturated rings. The number of sulfonamides is 1. The van der Waals surface area contributed by atoms with E-state index in [2.05, 4.69) is 19.5 Å². The molecule has 2 rings (SSSR count). The molecule has 2 aromatic rings. The third kappa shape index (κ3) is 5.83. The minimum absolute atomic E-state index is 0.0192. The second-order valence-corrected chi connectivity index (χ2v) is 8.24. The SMILES string of the molecule is CCCNS(=O)(=O)c1cc(C(=O)Nc2cc(C(=O)OC)cc(C(=O)OC)c2)ccc1OC. The van der Waals surface area contributed by atoms with Crippen LogP contribution in [0.3, 0.4) is 0 Å². The summed E-state index contributed by atoms with van der Waals surface area (Å²) in [6.07, 6.45) is 0.584. The van der Waals surface area contributed by atoms with Crippen LogP contribution in [-0.4, -0.2) is 54.1 Å². The number of nitrogens with one attached hydrogen (secondary N) is 2. The standard InChI is InChI=1S/C21H24N2O8S/c1-5-8-22-32(27,28)18-12-13(6-7-17(18)29-2)19(24)23-16-10-14(20(25)30-3)9-15(11-16)21(26)31-4/h6-7,9-12,22H,5,8H2,1-4H3,(H,23,24). The van der Waals surface area contributed by atoms with Crippen molar-refractivity contribution in [3.05, 3.63) is 53.1 Å². The summed E-state index contributed by atoms with van der Waals surface area (Å²) in [7, 11) is -0.238. The van der Waals surface area contributed by atoms with Crippen molar-refractivity contribution >= 4 is 33.6 Å². The quantitative estimate of drug-likeness (QED) is 0.539. The van der Waals surface area contributed by atoms with Crippen LogP contribution in [0.15, 0.2) is 41.3 Å². The van der Waals surface area contributed by atoms with Gasteiger partial charge in [-0.2, -0.15) is 0 Å². The maximum Gasteiger partial charge on any atom is 0.337 e. The Labute approximate surface area is 185 Å².